The molecule has 1 aromatic heterocycles. The van der Waals surface area contributed by atoms with E-state index in [4.69, 9.17) is 5.11 Å². The maximum atomic E-state index is 8.83. The van der Waals surface area contributed by atoms with Crippen molar-refractivity contribution in [1.29, 1.82) is 0 Å². The number of aliphatic hydroxyl groups is 1. The van der Waals surface area contributed by atoms with Crippen molar-refractivity contribution >= 4 is 0 Å². The monoisotopic (exact) mass is 212 g/mol. The summed E-state index contributed by atoms with van der Waals surface area (Å²) in [6.45, 7) is 4.08. The lowest BCUT2D eigenvalue weighted by Gasteiger charge is -2.13. The zero-order valence-electron chi connectivity index (χ0n) is 9.48. The normalized spacial score (nSPS) is 13.0. The van der Waals surface area contributed by atoms with Crippen molar-refractivity contribution in [1.82, 2.24) is 20.3 Å². The third-order valence-corrected chi connectivity index (χ3v) is 2.50. The van der Waals surface area contributed by atoms with Gasteiger partial charge in [-0.2, -0.15) is 0 Å². The number of hydrogen-bond donors (Lipinski definition) is 2. The highest BCUT2D eigenvalue weighted by Gasteiger charge is 2.05. The van der Waals surface area contributed by atoms with Gasteiger partial charge in [0.2, 0.25) is 0 Å². The van der Waals surface area contributed by atoms with Crippen LogP contribution in [0.5, 0.6) is 0 Å². The first-order valence-electron chi connectivity index (χ1n) is 5.43. The molecule has 5 nitrogen and oxygen atoms in total. The molecular weight excluding hydrogens is 192 g/mol. The minimum Gasteiger partial charge on any atom is -0.396 e. The molecule has 1 heterocycles. The van der Waals surface area contributed by atoms with E-state index < -0.39 is 0 Å². The Balaban J connectivity index is 2.20. The number of hydrogen-bond acceptors (Lipinski definition) is 4. The third-order valence-electron chi connectivity index (χ3n) is 2.50. The number of aromatic nitrogens is 3. The van der Waals surface area contributed by atoms with Crippen LogP contribution in [0.2, 0.25) is 0 Å². The number of nitrogens with zero attached hydrogens (tertiary/aromatic N) is 3. The smallest absolute Gasteiger partial charge is 0.0964 e. The van der Waals surface area contributed by atoms with Crippen molar-refractivity contribution in [2.75, 3.05) is 13.2 Å². The van der Waals surface area contributed by atoms with Crippen molar-refractivity contribution in [2.24, 2.45) is 13.0 Å². The van der Waals surface area contributed by atoms with Crippen LogP contribution in [0.25, 0.3) is 0 Å². The molecule has 0 aliphatic carbocycles. The zero-order valence-corrected chi connectivity index (χ0v) is 9.48. The van der Waals surface area contributed by atoms with Crippen molar-refractivity contribution in [3.8, 4) is 0 Å². The largest absolute Gasteiger partial charge is 0.396 e. The van der Waals surface area contributed by atoms with Gasteiger partial charge in [-0.05, 0) is 18.9 Å². The molecule has 0 bridgehead atoms. The van der Waals surface area contributed by atoms with E-state index >= 15 is 0 Å². The standard InChI is InChI=1S/C10H20N4O/c1-3-9(4-5-15)6-11-7-10-8-14(2)13-12-10/h8-9,11,15H,3-7H2,1-2H3. The summed E-state index contributed by atoms with van der Waals surface area (Å²) in [6.07, 6.45) is 3.86. The molecule has 0 aliphatic rings. The maximum absolute atomic E-state index is 8.83. The van der Waals surface area contributed by atoms with Gasteiger partial charge in [-0.25, -0.2) is 0 Å². The highest BCUT2D eigenvalue weighted by Crippen LogP contribution is 2.05. The van der Waals surface area contributed by atoms with Crippen LogP contribution < -0.4 is 5.32 Å². The van der Waals surface area contributed by atoms with E-state index in [0.717, 1.165) is 31.6 Å². The molecule has 1 unspecified atom stereocenters. The Hall–Kier alpha value is -0.940. The molecule has 0 aliphatic heterocycles. The van der Waals surface area contributed by atoms with Gasteiger partial charge >= 0.3 is 0 Å². The molecular formula is C10H20N4O. The van der Waals surface area contributed by atoms with Crippen LogP contribution in [0.4, 0.5) is 0 Å². The molecule has 0 saturated carbocycles. The summed E-state index contributed by atoms with van der Waals surface area (Å²) in [7, 11) is 1.86. The van der Waals surface area contributed by atoms with Crippen LogP contribution >= 0.6 is 0 Å². The summed E-state index contributed by atoms with van der Waals surface area (Å²) >= 11 is 0. The predicted octanol–water partition coefficient (Wildman–Crippen LogP) is 0.313. The molecule has 5 heteroatoms. The van der Waals surface area contributed by atoms with Crippen molar-refractivity contribution in [2.45, 2.75) is 26.3 Å². The van der Waals surface area contributed by atoms with E-state index in [1.54, 1.807) is 4.68 Å². The van der Waals surface area contributed by atoms with Gasteiger partial charge in [0, 0.05) is 26.4 Å². The molecule has 1 aromatic rings. The van der Waals surface area contributed by atoms with Crippen LogP contribution in [0.1, 0.15) is 25.5 Å². The molecule has 0 saturated heterocycles. The second-order valence-electron chi connectivity index (χ2n) is 3.80. The maximum Gasteiger partial charge on any atom is 0.0964 e. The van der Waals surface area contributed by atoms with Crippen LogP contribution in [0.15, 0.2) is 6.20 Å². The van der Waals surface area contributed by atoms with E-state index in [1.807, 2.05) is 13.2 Å². The summed E-state index contributed by atoms with van der Waals surface area (Å²) in [5, 5.41) is 20.0. The number of nitrogens with one attached hydrogen (secondary N) is 1. The van der Waals surface area contributed by atoms with Gasteiger partial charge in [0.25, 0.3) is 0 Å². The lowest BCUT2D eigenvalue weighted by molar-refractivity contribution is 0.251. The highest BCUT2D eigenvalue weighted by molar-refractivity contribution is 4.90. The van der Waals surface area contributed by atoms with Gasteiger partial charge in [0.1, 0.15) is 0 Å². The molecule has 0 aromatic carbocycles. The Morgan fingerprint density at radius 2 is 2.40 bits per heavy atom. The van der Waals surface area contributed by atoms with Gasteiger partial charge in [0.05, 0.1) is 5.69 Å². The lowest BCUT2D eigenvalue weighted by atomic mass is 10.0. The summed E-state index contributed by atoms with van der Waals surface area (Å²) in [4.78, 5) is 0. The predicted molar refractivity (Wildman–Crippen MR) is 58.2 cm³/mol. The number of rotatable bonds is 7. The average molecular weight is 212 g/mol. The fourth-order valence-electron chi connectivity index (χ4n) is 1.51. The molecule has 1 atom stereocenters. The second-order valence-corrected chi connectivity index (χ2v) is 3.80. The van der Waals surface area contributed by atoms with Gasteiger partial charge < -0.3 is 10.4 Å². The fourth-order valence-corrected chi connectivity index (χ4v) is 1.51. The molecule has 0 amide bonds. The third kappa shape index (κ3) is 4.40. The first kappa shape index (κ1) is 12.1. The molecule has 0 radical (unpaired) electrons. The Morgan fingerprint density at radius 1 is 1.60 bits per heavy atom. The molecule has 1 rings (SSSR count). The number of aryl methyl sites for hydroxylation is 1. The lowest BCUT2D eigenvalue weighted by Crippen LogP contribution is -2.23. The first-order chi connectivity index (χ1) is 7.26. The molecule has 2 N–H and O–H groups in total. The Morgan fingerprint density at radius 3 is 2.93 bits per heavy atom. The Kier molecular flexibility index (Phi) is 5.28. The van der Waals surface area contributed by atoms with Gasteiger partial charge in [-0.3, -0.25) is 4.68 Å². The highest BCUT2D eigenvalue weighted by atomic mass is 16.3. The van der Waals surface area contributed by atoms with Gasteiger partial charge in [-0.1, -0.05) is 18.6 Å². The summed E-state index contributed by atoms with van der Waals surface area (Å²) in [6, 6.07) is 0. The minimum absolute atomic E-state index is 0.269. The van der Waals surface area contributed by atoms with Crippen LogP contribution in [0, 0.1) is 5.92 Å². The van der Waals surface area contributed by atoms with Gasteiger partial charge in [0.15, 0.2) is 0 Å². The summed E-state index contributed by atoms with van der Waals surface area (Å²) in [5.41, 5.74) is 0.955. The van der Waals surface area contributed by atoms with Crippen molar-refractivity contribution in [3.63, 3.8) is 0 Å². The quantitative estimate of drug-likeness (QED) is 0.683. The SMILES string of the molecule is CCC(CCO)CNCc1cn(C)nn1. The fraction of sp³-hybridized carbons (Fsp3) is 0.800. The average Bonchev–Trinajstić information content (AvgIpc) is 2.63. The summed E-state index contributed by atoms with van der Waals surface area (Å²) in [5.74, 6) is 0.548. The van der Waals surface area contributed by atoms with E-state index in [-0.39, 0.29) is 6.61 Å². The van der Waals surface area contributed by atoms with E-state index in [1.165, 1.54) is 0 Å². The van der Waals surface area contributed by atoms with Crippen LogP contribution in [-0.4, -0.2) is 33.3 Å². The summed E-state index contributed by atoms with van der Waals surface area (Å²) < 4.78 is 1.70. The van der Waals surface area contributed by atoms with Crippen LogP contribution in [0.3, 0.4) is 0 Å². The van der Waals surface area contributed by atoms with E-state index in [0.29, 0.717) is 5.92 Å². The minimum atomic E-state index is 0.269. The first-order valence-corrected chi connectivity index (χ1v) is 5.43. The van der Waals surface area contributed by atoms with E-state index in [2.05, 4.69) is 22.6 Å². The van der Waals surface area contributed by atoms with Crippen molar-refractivity contribution < 1.29 is 5.11 Å². The molecule has 86 valence electrons. The molecule has 0 fully saturated rings. The Labute approximate surface area is 90.5 Å². The second kappa shape index (κ2) is 6.53. The Bertz CT molecular complexity index is 274. The van der Waals surface area contributed by atoms with E-state index in [9.17, 15) is 0 Å². The van der Waals surface area contributed by atoms with Gasteiger partial charge in [-0.15, -0.1) is 5.10 Å². The van der Waals surface area contributed by atoms with Crippen LogP contribution in [-0.2, 0) is 13.6 Å². The molecule has 0 spiro atoms. The molecule has 15 heavy (non-hydrogen) atoms. The topological polar surface area (TPSA) is 63.0 Å². The zero-order chi connectivity index (χ0) is 11.1. The van der Waals surface area contributed by atoms with Crippen molar-refractivity contribution in [3.05, 3.63) is 11.9 Å². The number of aliphatic hydroxyl groups excluding tert-OH is 1.